The number of carbonyl (C=O) groups is 2. The second kappa shape index (κ2) is 9.75. The lowest BCUT2D eigenvalue weighted by atomic mass is 9.94. The first-order valence-corrected chi connectivity index (χ1v) is 10.3. The minimum Gasteiger partial charge on any atom is -0.478 e. The van der Waals surface area contributed by atoms with Crippen molar-refractivity contribution in [3.63, 3.8) is 0 Å². The molecule has 0 spiro atoms. The smallest absolute Gasteiger partial charge is 0.343 e. The Morgan fingerprint density at radius 1 is 0.625 bits per heavy atom. The Morgan fingerprint density at radius 3 is 1.78 bits per heavy atom. The van der Waals surface area contributed by atoms with Crippen LogP contribution in [0.2, 0.25) is 0 Å². The van der Waals surface area contributed by atoms with E-state index < -0.39 is 11.9 Å². The van der Waals surface area contributed by atoms with Crippen molar-refractivity contribution in [3.8, 4) is 5.75 Å². The molecule has 0 radical (unpaired) electrons. The SMILES string of the molecule is O=C(O)c1ccc(C(=O)Oc2cccc(Cc3ccccc3)c2Cc2ccccc2)cc1. The number of carboxylic acid groups (broad SMARTS) is 1. The number of hydrogen-bond acceptors (Lipinski definition) is 3. The van der Waals surface area contributed by atoms with E-state index in [0.717, 1.165) is 23.1 Å². The van der Waals surface area contributed by atoms with Crippen LogP contribution < -0.4 is 4.74 Å². The minimum absolute atomic E-state index is 0.121. The molecule has 0 atom stereocenters. The predicted octanol–water partition coefficient (Wildman–Crippen LogP) is 5.79. The van der Waals surface area contributed by atoms with Gasteiger partial charge in [-0.3, -0.25) is 0 Å². The molecular formula is C28H22O4. The zero-order valence-corrected chi connectivity index (χ0v) is 17.4. The summed E-state index contributed by atoms with van der Waals surface area (Å²) < 4.78 is 5.80. The number of hydrogen-bond donors (Lipinski definition) is 1. The average molecular weight is 422 g/mol. The number of rotatable bonds is 7. The summed E-state index contributed by atoms with van der Waals surface area (Å²) in [4.78, 5) is 23.9. The molecule has 158 valence electrons. The molecule has 4 aromatic carbocycles. The first kappa shape index (κ1) is 21.1. The Bertz CT molecular complexity index is 1210. The van der Waals surface area contributed by atoms with E-state index in [-0.39, 0.29) is 5.56 Å². The van der Waals surface area contributed by atoms with Gasteiger partial charge in [-0.05, 0) is 53.4 Å². The van der Waals surface area contributed by atoms with E-state index in [4.69, 9.17) is 9.84 Å². The van der Waals surface area contributed by atoms with Gasteiger partial charge >= 0.3 is 11.9 Å². The van der Waals surface area contributed by atoms with Crippen molar-refractivity contribution in [2.45, 2.75) is 12.8 Å². The molecular weight excluding hydrogens is 400 g/mol. The Balaban J connectivity index is 1.66. The Morgan fingerprint density at radius 2 is 1.19 bits per heavy atom. The largest absolute Gasteiger partial charge is 0.478 e. The number of esters is 1. The summed E-state index contributed by atoms with van der Waals surface area (Å²) in [6.45, 7) is 0. The molecule has 0 aromatic heterocycles. The van der Waals surface area contributed by atoms with Crippen molar-refractivity contribution >= 4 is 11.9 Å². The van der Waals surface area contributed by atoms with Crippen molar-refractivity contribution in [1.82, 2.24) is 0 Å². The third-order valence-corrected chi connectivity index (χ3v) is 5.26. The molecule has 4 heteroatoms. The molecule has 0 aliphatic rings. The molecule has 4 nitrogen and oxygen atoms in total. The van der Waals surface area contributed by atoms with Crippen molar-refractivity contribution < 1.29 is 19.4 Å². The van der Waals surface area contributed by atoms with Crippen LogP contribution in [0, 0.1) is 0 Å². The summed E-state index contributed by atoms with van der Waals surface area (Å²) in [5, 5.41) is 9.06. The van der Waals surface area contributed by atoms with Gasteiger partial charge in [0, 0.05) is 12.0 Å². The molecule has 0 amide bonds. The third-order valence-electron chi connectivity index (χ3n) is 5.26. The Labute approximate surface area is 186 Å². The van der Waals surface area contributed by atoms with Gasteiger partial charge in [0.05, 0.1) is 11.1 Å². The monoisotopic (exact) mass is 422 g/mol. The van der Waals surface area contributed by atoms with Gasteiger partial charge in [0.25, 0.3) is 0 Å². The van der Waals surface area contributed by atoms with Gasteiger partial charge in [-0.15, -0.1) is 0 Å². The van der Waals surface area contributed by atoms with E-state index >= 15 is 0 Å². The predicted molar refractivity (Wildman–Crippen MR) is 123 cm³/mol. The van der Waals surface area contributed by atoms with Gasteiger partial charge in [0.15, 0.2) is 0 Å². The summed E-state index contributed by atoms with van der Waals surface area (Å²) in [5.74, 6) is -1.05. The second-order valence-electron chi connectivity index (χ2n) is 7.49. The summed E-state index contributed by atoms with van der Waals surface area (Å²) in [5.41, 5.74) is 4.76. The zero-order chi connectivity index (χ0) is 22.3. The van der Waals surface area contributed by atoms with Gasteiger partial charge in [-0.1, -0.05) is 72.8 Å². The average Bonchev–Trinajstić information content (AvgIpc) is 2.82. The molecule has 0 saturated carbocycles. The summed E-state index contributed by atoms with van der Waals surface area (Å²) in [7, 11) is 0. The fraction of sp³-hybridized carbons (Fsp3) is 0.0714. The quantitative estimate of drug-likeness (QED) is 0.303. The topological polar surface area (TPSA) is 63.6 Å². The maximum Gasteiger partial charge on any atom is 0.343 e. The van der Waals surface area contributed by atoms with Gasteiger partial charge in [0.1, 0.15) is 5.75 Å². The molecule has 0 aliphatic heterocycles. The summed E-state index contributed by atoms with van der Waals surface area (Å²) >= 11 is 0. The second-order valence-corrected chi connectivity index (χ2v) is 7.49. The minimum atomic E-state index is -1.04. The van der Waals surface area contributed by atoms with Crippen LogP contribution in [0.1, 0.15) is 43.0 Å². The van der Waals surface area contributed by atoms with Crippen LogP contribution in [-0.4, -0.2) is 17.0 Å². The van der Waals surface area contributed by atoms with Gasteiger partial charge in [0.2, 0.25) is 0 Å². The highest BCUT2D eigenvalue weighted by molar-refractivity contribution is 5.93. The lowest BCUT2D eigenvalue weighted by molar-refractivity contribution is 0.0691. The van der Waals surface area contributed by atoms with Crippen molar-refractivity contribution in [2.75, 3.05) is 0 Å². The maximum absolute atomic E-state index is 12.8. The fourth-order valence-corrected chi connectivity index (χ4v) is 3.60. The molecule has 0 bridgehead atoms. The Kier molecular flexibility index (Phi) is 6.42. The lowest BCUT2D eigenvalue weighted by Gasteiger charge is -2.15. The zero-order valence-electron chi connectivity index (χ0n) is 17.4. The molecule has 0 aliphatic carbocycles. The highest BCUT2D eigenvalue weighted by Gasteiger charge is 2.16. The molecule has 0 unspecified atom stereocenters. The van der Waals surface area contributed by atoms with Crippen LogP contribution in [0.25, 0.3) is 0 Å². The van der Waals surface area contributed by atoms with Crippen molar-refractivity contribution in [2.24, 2.45) is 0 Å². The van der Waals surface area contributed by atoms with E-state index in [9.17, 15) is 9.59 Å². The van der Waals surface area contributed by atoms with Gasteiger partial charge < -0.3 is 9.84 Å². The van der Waals surface area contributed by atoms with Crippen molar-refractivity contribution in [3.05, 3.63) is 137 Å². The van der Waals surface area contributed by atoms with Crippen LogP contribution in [-0.2, 0) is 12.8 Å². The first-order chi connectivity index (χ1) is 15.6. The third kappa shape index (κ3) is 5.10. The normalized spacial score (nSPS) is 10.5. The number of benzene rings is 4. The molecule has 1 N–H and O–H groups in total. The summed E-state index contributed by atoms with van der Waals surface area (Å²) in [6.07, 6.45) is 1.35. The van der Waals surface area contributed by atoms with E-state index in [2.05, 4.69) is 30.3 Å². The number of carboxylic acids is 1. The maximum atomic E-state index is 12.8. The number of carbonyl (C=O) groups excluding carboxylic acids is 1. The molecule has 32 heavy (non-hydrogen) atoms. The number of aromatic carboxylic acids is 1. The van der Waals surface area contributed by atoms with Gasteiger partial charge in [-0.25, -0.2) is 9.59 Å². The van der Waals surface area contributed by atoms with E-state index in [1.807, 2.05) is 42.5 Å². The Hall–Kier alpha value is -4.18. The van der Waals surface area contributed by atoms with Crippen LogP contribution >= 0.6 is 0 Å². The highest BCUT2D eigenvalue weighted by atomic mass is 16.5. The molecule has 4 aromatic rings. The van der Waals surface area contributed by atoms with Crippen LogP contribution in [0.3, 0.4) is 0 Å². The fourth-order valence-electron chi connectivity index (χ4n) is 3.60. The number of ether oxygens (including phenoxy) is 1. The summed E-state index contributed by atoms with van der Waals surface area (Å²) in [6, 6.07) is 31.7. The standard InChI is InChI=1S/C28H22O4/c29-27(30)22-14-16-23(17-15-22)28(31)32-26-13-7-12-24(18-20-8-3-1-4-9-20)25(26)19-21-10-5-2-6-11-21/h1-17H,18-19H2,(H,29,30). The van der Waals surface area contributed by atoms with Crippen LogP contribution in [0.15, 0.2) is 103 Å². The highest BCUT2D eigenvalue weighted by Crippen LogP contribution is 2.28. The lowest BCUT2D eigenvalue weighted by Crippen LogP contribution is -2.11. The molecule has 0 heterocycles. The molecule has 0 fully saturated rings. The van der Waals surface area contributed by atoms with Gasteiger partial charge in [-0.2, -0.15) is 0 Å². The first-order valence-electron chi connectivity index (χ1n) is 10.3. The van der Waals surface area contributed by atoms with E-state index in [0.29, 0.717) is 17.7 Å². The van der Waals surface area contributed by atoms with Crippen molar-refractivity contribution in [1.29, 1.82) is 0 Å². The molecule has 4 rings (SSSR count). The van der Waals surface area contributed by atoms with E-state index in [1.54, 1.807) is 6.07 Å². The van der Waals surface area contributed by atoms with Crippen LogP contribution in [0.5, 0.6) is 5.75 Å². The van der Waals surface area contributed by atoms with E-state index in [1.165, 1.54) is 29.8 Å². The molecule has 0 saturated heterocycles. The van der Waals surface area contributed by atoms with Crippen LogP contribution in [0.4, 0.5) is 0 Å².